The predicted molar refractivity (Wildman–Crippen MR) is 113 cm³/mol. The van der Waals surface area contributed by atoms with Crippen LogP contribution in [0.4, 0.5) is 0 Å². The van der Waals surface area contributed by atoms with E-state index in [4.69, 9.17) is 9.57 Å². The van der Waals surface area contributed by atoms with Crippen molar-refractivity contribution < 1.29 is 9.57 Å². The maximum atomic E-state index is 6.15. The molecule has 1 saturated carbocycles. The summed E-state index contributed by atoms with van der Waals surface area (Å²) in [6.45, 7) is 7.46. The molecule has 0 spiro atoms. The van der Waals surface area contributed by atoms with Crippen LogP contribution in [0.3, 0.4) is 0 Å². The number of piperidine rings is 1. The van der Waals surface area contributed by atoms with Crippen LogP contribution in [0.15, 0.2) is 0 Å². The van der Waals surface area contributed by atoms with Crippen molar-refractivity contribution in [3.63, 3.8) is 0 Å². The molecule has 4 aliphatic heterocycles. The van der Waals surface area contributed by atoms with Crippen molar-refractivity contribution in [3.8, 4) is 0 Å². The molecule has 3 N–H and O–H groups in total. The quantitative estimate of drug-likeness (QED) is 0.638. The molecule has 7 nitrogen and oxygen atoms in total. The molecule has 5 fully saturated rings. The molecule has 0 amide bonds. The molecule has 0 radical (unpaired) electrons. The van der Waals surface area contributed by atoms with Gasteiger partial charge in [-0.1, -0.05) is 19.3 Å². The van der Waals surface area contributed by atoms with E-state index in [-0.39, 0.29) is 12.4 Å². The summed E-state index contributed by atoms with van der Waals surface area (Å²) in [6.07, 6.45) is 13.0. The number of hydrogen-bond donors (Lipinski definition) is 3. The minimum atomic E-state index is 0.141. The van der Waals surface area contributed by atoms with Crippen LogP contribution in [0, 0.1) is 11.8 Å². The molecule has 5 unspecified atom stereocenters. The minimum Gasteiger partial charge on any atom is -0.379 e. The summed E-state index contributed by atoms with van der Waals surface area (Å²) >= 11 is 0. The second kappa shape index (κ2) is 9.90. The largest absolute Gasteiger partial charge is 0.379 e. The van der Waals surface area contributed by atoms with E-state index in [2.05, 4.69) is 25.9 Å². The molecule has 0 aromatic carbocycles. The molecule has 0 aromatic heterocycles. The van der Waals surface area contributed by atoms with Crippen LogP contribution in [0.5, 0.6) is 0 Å². The fraction of sp³-hybridized carbons (Fsp3) is 1.00. The van der Waals surface area contributed by atoms with Crippen molar-refractivity contribution in [2.24, 2.45) is 11.8 Å². The minimum absolute atomic E-state index is 0.141. The Morgan fingerprint density at radius 2 is 1.76 bits per heavy atom. The fourth-order valence-corrected chi connectivity index (χ4v) is 6.33. The van der Waals surface area contributed by atoms with E-state index < -0.39 is 0 Å². The monoisotopic (exact) mass is 407 g/mol. The van der Waals surface area contributed by atoms with Gasteiger partial charge in [0.1, 0.15) is 6.23 Å². The van der Waals surface area contributed by atoms with Crippen LogP contribution < -0.4 is 16.1 Å². The number of rotatable bonds is 5. The Morgan fingerprint density at radius 1 is 0.897 bits per heavy atom. The Bertz CT molecular complexity index is 511. The lowest BCUT2D eigenvalue weighted by atomic mass is 9.88. The van der Waals surface area contributed by atoms with Crippen molar-refractivity contribution >= 4 is 0 Å². The smallest absolute Gasteiger partial charge is 0.146 e. The van der Waals surface area contributed by atoms with Crippen molar-refractivity contribution in [1.82, 2.24) is 25.9 Å². The van der Waals surface area contributed by atoms with E-state index in [9.17, 15) is 0 Å². The van der Waals surface area contributed by atoms with E-state index in [0.29, 0.717) is 18.1 Å². The summed E-state index contributed by atoms with van der Waals surface area (Å²) < 4.78 is 5.53. The third-order valence-corrected chi connectivity index (χ3v) is 8.03. The van der Waals surface area contributed by atoms with Crippen molar-refractivity contribution in [2.45, 2.75) is 82.4 Å². The van der Waals surface area contributed by atoms with Gasteiger partial charge >= 0.3 is 0 Å². The van der Waals surface area contributed by atoms with Crippen LogP contribution in [0.1, 0.15) is 57.8 Å². The molecule has 5 aliphatic rings. The van der Waals surface area contributed by atoms with Crippen molar-refractivity contribution in [3.05, 3.63) is 0 Å². The normalized spacial score (nSPS) is 41.2. The fourth-order valence-electron chi connectivity index (χ4n) is 6.33. The highest BCUT2D eigenvalue weighted by Crippen LogP contribution is 2.31. The third kappa shape index (κ3) is 4.97. The van der Waals surface area contributed by atoms with Gasteiger partial charge < -0.3 is 10.1 Å². The number of hydrogen-bond acceptors (Lipinski definition) is 7. The highest BCUT2D eigenvalue weighted by molar-refractivity contribution is 4.92. The molecule has 4 heterocycles. The number of morpholine rings is 1. The number of nitrogens with zero attached hydrogens (tertiary/aromatic N) is 2. The first-order valence-corrected chi connectivity index (χ1v) is 12.3. The van der Waals surface area contributed by atoms with E-state index in [0.717, 1.165) is 38.8 Å². The standard InChI is InChI=1S/C22H41N5O2/c1-2-5-17(6-3-1)16-27-10-4-7-19(27)22-24-21(25-29-22)18-8-9-23-20(15-18)26-11-13-28-14-12-26/h17-25H,1-16H2. The van der Waals surface area contributed by atoms with Crippen LogP contribution in [0.2, 0.25) is 0 Å². The van der Waals surface area contributed by atoms with Crippen molar-refractivity contribution in [2.75, 3.05) is 45.9 Å². The Hall–Kier alpha value is -0.280. The summed E-state index contributed by atoms with van der Waals surface area (Å²) in [5.74, 6) is 1.52. The van der Waals surface area contributed by atoms with E-state index in [1.807, 2.05) is 0 Å². The zero-order valence-corrected chi connectivity index (χ0v) is 18.0. The molecule has 1 aliphatic carbocycles. The molecule has 29 heavy (non-hydrogen) atoms. The Kier molecular flexibility index (Phi) is 7.03. The van der Waals surface area contributed by atoms with Gasteiger partial charge in [0.15, 0.2) is 0 Å². The third-order valence-electron chi connectivity index (χ3n) is 8.03. The molecule has 166 valence electrons. The van der Waals surface area contributed by atoms with E-state index >= 15 is 0 Å². The molecular weight excluding hydrogens is 366 g/mol. The second-order valence-corrected chi connectivity index (χ2v) is 9.91. The summed E-state index contributed by atoms with van der Waals surface area (Å²) in [5.41, 5.74) is 3.39. The molecule has 5 rings (SSSR count). The maximum Gasteiger partial charge on any atom is 0.146 e. The summed E-state index contributed by atoms with van der Waals surface area (Å²) in [4.78, 5) is 11.4. The first kappa shape index (κ1) is 20.6. The van der Waals surface area contributed by atoms with Gasteiger partial charge in [-0.05, 0) is 63.5 Å². The topological polar surface area (TPSA) is 61.0 Å². The zero-order valence-electron chi connectivity index (χ0n) is 18.0. The van der Waals surface area contributed by atoms with Crippen LogP contribution in [0.25, 0.3) is 0 Å². The first-order valence-electron chi connectivity index (χ1n) is 12.3. The zero-order chi connectivity index (χ0) is 19.5. The van der Waals surface area contributed by atoms with Gasteiger partial charge in [-0.3, -0.25) is 20.0 Å². The highest BCUT2D eigenvalue weighted by atomic mass is 16.7. The second-order valence-electron chi connectivity index (χ2n) is 9.91. The number of ether oxygens (including phenoxy) is 1. The number of nitrogens with one attached hydrogen (secondary N) is 3. The predicted octanol–water partition coefficient (Wildman–Crippen LogP) is 1.47. The van der Waals surface area contributed by atoms with Gasteiger partial charge in [0.25, 0.3) is 0 Å². The molecular formula is C22H41N5O2. The molecule has 5 atom stereocenters. The molecule has 4 saturated heterocycles. The lowest BCUT2D eigenvalue weighted by Crippen LogP contribution is -2.57. The molecule has 0 aromatic rings. The lowest BCUT2D eigenvalue weighted by Gasteiger charge is -2.41. The average Bonchev–Trinajstić information content (AvgIpc) is 3.45. The summed E-state index contributed by atoms with van der Waals surface area (Å²) in [5, 5.41) is 7.57. The van der Waals surface area contributed by atoms with Gasteiger partial charge in [0.2, 0.25) is 0 Å². The number of likely N-dealkylation sites (tertiary alicyclic amines) is 1. The van der Waals surface area contributed by atoms with Gasteiger partial charge in [-0.2, -0.15) is 5.48 Å². The number of hydroxylamine groups is 1. The van der Waals surface area contributed by atoms with Crippen LogP contribution in [-0.4, -0.2) is 80.3 Å². The van der Waals surface area contributed by atoms with Gasteiger partial charge in [-0.25, -0.2) is 0 Å². The van der Waals surface area contributed by atoms with E-state index in [1.54, 1.807) is 0 Å². The highest BCUT2D eigenvalue weighted by Gasteiger charge is 2.41. The SMILES string of the molecule is C1CCC(CN2CCCC2C2NC(C3CCNC(N4CCOCC4)C3)NO2)CC1. The Morgan fingerprint density at radius 3 is 2.62 bits per heavy atom. The van der Waals surface area contributed by atoms with Crippen molar-refractivity contribution in [1.29, 1.82) is 0 Å². The molecule has 7 heteroatoms. The van der Waals surface area contributed by atoms with Crippen LogP contribution >= 0.6 is 0 Å². The Labute approximate surface area is 176 Å². The maximum absolute atomic E-state index is 6.15. The van der Waals surface area contributed by atoms with E-state index in [1.165, 1.54) is 70.9 Å². The van der Waals surface area contributed by atoms with Gasteiger partial charge in [-0.15, -0.1) is 0 Å². The van der Waals surface area contributed by atoms with Crippen LogP contribution in [-0.2, 0) is 9.57 Å². The van der Waals surface area contributed by atoms with Gasteiger partial charge in [0.05, 0.1) is 31.6 Å². The first-order chi connectivity index (χ1) is 14.4. The Balaban J connectivity index is 1.13. The lowest BCUT2D eigenvalue weighted by molar-refractivity contribution is -0.0305. The van der Waals surface area contributed by atoms with Gasteiger partial charge in [0, 0.05) is 19.6 Å². The molecule has 0 bridgehead atoms. The average molecular weight is 408 g/mol. The summed E-state index contributed by atoms with van der Waals surface area (Å²) in [6, 6.07) is 0.534. The summed E-state index contributed by atoms with van der Waals surface area (Å²) in [7, 11) is 0.